The summed E-state index contributed by atoms with van der Waals surface area (Å²) in [6, 6.07) is 22.7. The zero-order valence-corrected chi connectivity index (χ0v) is 19.0. The number of anilines is 3. The van der Waals surface area contributed by atoms with Gasteiger partial charge in [-0.05, 0) is 91.6 Å². The highest BCUT2D eigenvalue weighted by Gasteiger charge is 2.11. The molecule has 3 nitrogen and oxygen atoms in total. The summed E-state index contributed by atoms with van der Waals surface area (Å²) in [7, 11) is 0. The summed E-state index contributed by atoms with van der Waals surface area (Å²) in [5.41, 5.74) is 5.79. The van der Waals surface area contributed by atoms with E-state index < -0.39 is 0 Å². The summed E-state index contributed by atoms with van der Waals surface area (Å²) in [6.45, 7) is 2.26. The van der Waals surface area contributed by atoms with Crippen molar-refractivity contribution in [3.63, 3.8) is 0 Å². The van der Waals surface area contributed by atoms with Gasteiger partial charge in [0.2, 0.25) is 0 Å². The smallest absolute Gasteiger partial charge is 0.123 e. The van der Waals surface area contributed by atoms with Crippen molar-refractivity contribution in [3.05, 3.63) is 94.9 Å². The van der Waals surface area contributed by atoms with Crippen LogP contribution in [0.4, 0.5) is 21.5 Å². The van der Waals surface area contributed by atoms with E-state index in [0.717, 1.165) is 46.6 Å². The second kappa shape index (κ2) is 9.63. The molecule has 166 valence electrons. The molecular formula is C28H25ClFN3. The first-order chi connectivity index (χ1) is 16.1. The number of piperidine rings is 1. The van der Waals surface area contributed by atoms with Gasteiger partial charge in [-0.25, -0.2) is 9.37 Å². The Morgan fingerprint density at radius 3 is 2.36 bits per heavy atom. The van der Waals surface area contributed by atoms with Crippen molar-refractivity contribution in [2.24, 2.45) is 0 Å². The van der Waals surface area contributed by atoms with Crippen LogP contribution in [0.1, 0.15) is 30.5 Å². The first-order valence-corrected chi connectivity index (χ1v) is 11.7. The van der Waals surface area contributed by atoms with Gasteiger partial charge < -0.3 is 10.2 Å². The van der Waals surface area contributed by atoms with Crippen LogP contribution in [0.25, 0.3) is 23.1 Å². The van der Waals surface area contributed by atoms with Crippen LogP contribution in [0, 0.1) is 5.82 Å². The van der Waals surface area contributed by atoms with Gasteiger partial charge in [0.25, 0.3) is 0 Å². The minimum Gasteiger partial charge on any atom is -0.372 e. The van der Waals surface area contributed by atoms with E-state index in [-0.39, 0.29) is 5.82 Å². The molecule has 1 fully saturated rings. The highest BCUT2D eigenvalue weighted by atomic mass is 35.5. The van der Waals surface area contributed by atoms with E-state index >= 15 is 0 Å². The molecule has 3 aromatic carbocycles. The van der Waals surface area contributed by atoms with Crippen LogP contribution in [0.5, 0.6) is 0 Å². The number of nitrogens with one attached hydrogen (secondary N) is 1. The number of halogens is 2. The van der Waals surface area contributed by atoms with Gasteiger partial charge in [0.05, 0.1) is 16.9 Å². The fourth-order valence-corrected chi connectivity index (χ4v) is 4.40. The summed E-state index contributed by atoms with van der Waals surface area (Å²) >= 11 is 6.29. The molecule has 4 aromatic rings. The first-order valence-electron chi connectivity index (χ1n) is 11.3. The maximum atomic E-state index is 13.2. The number of fused-ring (bicyclic) bond motifs is 1. The van der Waals surface area contributed by atoms with Crippen LogP contribution in [0.3, 0.4) is 0 Å². The van der Waals surface area contributed by atoms with Crippen LogP contribution in [-0.2, 0) is 0 Å². The average Bonchev–Trinajstić information content (AvgIpc) is 2.85. The fraction of sp³-hybridized carbons (Fsp3) is 0.179. The molecular weight excluding hydrogens is 433 g/mol. The van der Waals surface area contributed by atoms with E-state index in [1.807, 2.05) is 36.4 Å². The van der Waals surface area contributed by atoms with Gasteiger partial charge in [-0.15, -0.1) is 0 Å². The van der Waals surface area contributed by atoms with E-state index in [0.29, 0.717) is 5.02 Å². The molecule has 1 aliphatic heterocycles. The lowest BCUT2D eigenvalue weighted by molar-refractivity contribution is 0.578. The number of hydrogen-bond acceptors (Lipinski definition) is 3. The summed E-state index contributed by atoms with van der Waals surface area (Å²) in [6.07, 6.45) is 7.72. The van der Waals surface area contributed by atoms with Crippen molar-refractivity contribution in [1.82, 2.24) is 4.98 Å². The van der Waals surface area contributed by atoms with Gasteiger partial charge in [0.15, 0.2) is 0 Å². The Balaban J connectivity index is 1.44. The van der Waals surface area contributed by atoms with E-state index in [2.05, 4.69) is 34.5 Å². The molecule has 1 aliphatic rings. The predicted octanol–water partition coefficient (Wildman–Crippen LogP) is 7.93. The third-order valence-electron chi connectivity index (χ3n) is 5.97. The largest absolute Gasteiger partial charge is 0.372 e. The van der Waals surface area contributed by atoms with Gasteiger partial charge in [-0.1, -0.05) is 29.8 Å². The summed E-state index contributed by atoms with van der Waals surface area (Å²) < 4.78 is 13.2. The Kier molecular flexibility index (Phi) is 6.27. The molecule has 1 N–H and O–H groups in total. The Hall–Kier alpha value is -3.37. The number of rotatable bonds is 5. The second-order valence-corrected chi connectivity index (χ2v) is 8.80. The van der Waals surface area contributed by atoms with Crippen LogP contribution >= 0.6 is 11.6 Å². The lowest BCUT2D eigenvalue weighted by atomic mass is 10.1. The topological polar surface area (TPSA) is 28.2 Å². The lowest BCUT2D eigenvalue weighted by Crippen LogP contribution is -2.29. The van der Waals surface area contributed by atoms with Crippen LogP contribution in [-0.4, -0.2) is 18.1 Å². The van der Waals surface area contributed by atoms with Crippen LogP contribution in [0.15, 0.2) is 72.8 Å². The molecule has 33 heavy (non-hydrogen) atoms. The molecule has 1 aromatic heterocycles. The van der Waals surface area contributed by atoms with Gasteiger partial charge in [0, 0.05) is 34.9 Å². The van der Waals surface area contributed by atoms with Crippen molar-refractivity contribution in [3.8, 4) is 0 Å². The highest BCUT2D eigenvalue weighted by Crippen LogP contribution is 2.30. The minimum absolute atomic E-state index is 0.245. The van der Waals surface area contributed by atoms with Crippen molar-refractivity contribution >= 4 is 51.7 Å². The second-order valence-electron chi connectivity index (χ2n) is 8.36. The fourth-order valence-electron chi connectivity index (χ4n) is 4.23. The number of aromatic nitrogens is 1. The summed E-state index contributed by atoms with van der Waals surface area (Å²) in [5, 5.41) is 5.18. The van der Waals surface area contributed by atoms with E-state index in [9.17, 15) is 4.39 Å². The third kappa shape index (κ3) is 5.18. The zero-order chi connectivity index (χ0) is 22.6. The molecule has 5 heteroatoms. The van der Waals surface area contributed by atoms with Crippen molar-refractivity contribution < 1.29 is 4.39 Å². The van der Waals surface area contributed by atoms with Gasteiger partial charge in [-0.3, -0.25) is 0 Å². The molecule has 0 bridgehead atoms. The van der Waals surface area contributed by atoms with E-state index in [4.69, 9.17) is 16.6 Å². The SMILES string of the molecule is Fc1ccc(/C=C/c2cc(Nc3ccc(N4CCCCC4)cc3)c3cc(Cl)ccc3n2)cc1. The van der Waals surface area contributed by atoms with Crippen molar-refractivity contribution in [2.45, 2.75) is 19.3 Å². The minimum atomic E-state index is -0.245. The predicted molar refractivity (Wildman–Crippen MR) is 138 cm³/mol. The number of benzene rings is 3. The maximum absolute atomic E-state index is 13.2. The highest BCUT2D eigenvalue weighted by molar-refractivity contribution is 6.31. The molecule has 0 amide bonds. The molecule has 2 heterocycles. The van der Waals surface area contributed by atoms with Crippen LogP contribution in [0.2, 0.25) is 5.02 Å². The molecule has 1 saturated heterocycles. The molecule has 0 radical (unpaired) electrons. The maximum Gasteiger partial charge on any atom is 0.123 e. The lowest BCUT2D eigenvalue weighted by Gasteiger charge is -2.28. The van der Waals surface area contributed by atoms with Gasteiger partial charge in [0.1, 0.15) is 5.82 Å². The average molecular weight is 458 g/mol. The van der Waals surface area contributed by atoms with Crippen LogP contribution < -0.4 is 10.2 Å². The van der Waals surface area contributed by atoms with E-state index in [1.54, 1.807) is 12.1 Å². The normalized spacial score (nSPS) is 14.2. The molecule has 0 saturated carbocycles. The summed E-state index contributed by atoms with van der Waals surface area (Å²) in [5.74, 6) is -0.245. The molecule has 0 spiro atoms. The van der Waals surface area contributed by atoms with Gasteiger partial charge in [-0.2, -0.15) is 0 Å². The zero-order valence-electron chi connectivity index (χ0n) is 18.3. The Labute approximate surface area is 198 Å². The number of pyridine rings is 1. The standard InChI is InChI=1S/C28H25ClFN3/c29-21-7-15-27-26(18-21)28(19-24(32-27)10-6-20-4-8-22(30)9-5-20)31-23-11-13-25(14-12-23)33-16-2-1-3-17-33/h4-15,18-19H,1-3,16-17H2,(H,31,32)/b10-6+. The first kappa shape index (κ1) is 21.5. The molecule has 0 aliphatic carbocycles. The Morgan fingerprint density at radius 2 is 1.61 bits per heavy atom. The monoisotopic (exact) mass is 457 g/mol. The summed E-state index contributed by atoms with van der Waals surface area (Å²) in [4.78, 5) is 7.21. The molecule has 0 atom stereocenters. The van der Waals surface area contributed by atoms with E-state index in [1.165, 1.54) is 37.1 Å². The Morgan fingerprint density at radius 1 is 0.848 bits per heavy atom. The third-order valence-corrected chi connectivity index (χ3v) is 6.21. The quantitative estimate of drug-likeness (QED) is 0.329. The number of hydrogen-bond donors (Lipinski definition) is 1. The van der Waals surface area contributed by atoms with Gasteiger partial charge >= 0.3 is 0 Å². The number of nitrogens with zero attached hydrogens (tertiary/aromatic N) is 2. The Bertz CT molecular complexity index is 1280. The molecule has 0 unspecified atom stereocenters. The van der Waals surface area contributed by atoms with Crippen molar-refractivity contribution in [1.29, 1.82) is 0 Å². The van der Waals surface area contributed by atoms with Crippen molar-refractivity contribution in [2.75, 3.05) is 23.3 Å². The molecule has 5 rings (SSSR count).